The van der Waals surface area contributed by atoms with Crippen molar-refractivity contribution in [1.29, 1.82) is 0 Å². The summed E-state index contributed by atoms with van der Waals surface area (Å²) in [6.07, 6.45) is 1.65. The van der Waals surface area contributed by atoms with Crippen LogP contribution in [0.3, 0.4) is 0 Å². The number of amides is 2. The number of aliphatic carboxylic acids is 2. The van der Waals surface area contributed by atoms with Crippen LogP contribution >= 0.6 is 0 Å². The van der Waals surface area contributed by atoms with Gasteiger partial charge >= 0.3 is 11.9 Å². The van der Waals surface area contributed by atoms with Crippen LogP contribution in [0.4, 0.5) is 5.69 Å². The molecule has 0 saturated heterocycles. The molecule has 198 valence electrons. The molecule has 4 N–H and O–H groups in total. The first-order valence-electron chi connectivity index (χ1n) is 12.5. The van der Waals surface area contributed by atoms with Crippen LogP contribution in [0.25, 0.3) is 0 Å². The summed E-state index contributed by atoms with van der Waals surface area (Å²) >= 11 is 0. The van der Waals surface area contributed by atoms with Crippen molar-refractivity contribution < 1.29 is 34.1 Å². The van der Waals surface area contributed by atoms with E-state index in [2.05, 4.69) is 24.5 Å². The molecule has 0 aromatic heterocycles. The Kier molecular flexibility index (Phi) is 8.91. The molecular weight excluding hydrogens is 476 g/mol. The number of ether oxygens (including phenoxy) is 1. The SMILES string of the molecule is CCC(C)NC(=O)C1C(C(=O)O)C(C(=O)O)C1C(=O)Nc1ccc(Oc2ccc(C(C)CC)cc2)cc1. The smallest absolute Gasteiger partial charge is 0.308 e. The third-order valence-corrected chi connectivity index (χ3v) is 7.14. The molecule has 1 aliphatic rings. The molecule has 6 unspecified atom stereocenters. The summed E-state index contributed by atoms with van der Waals surface area (Å²) in [7, 11) is 0. The number of carboxylic acid groups (broad SMARTS) is 2. The number of rotatable bonds is 11. The fourth-order valence-corrected chi connectivity index (χ4v) is 4.52. The Labute approximate surface area is 216 Å². The zero-order valence-corrected chi connectivity index (χ0v) is 21.4. The molecule has 6 atom stereocenters. The lowest BCUT2D eigenvalue weighted by Gasteiger charge is -2.45. The fraction of sp³-hybridized carbons (Fsp3) is 0.429. The van der Waals surface area contributed by atoms with Crippen molar-refractivity contribution >= 4 is 29.4 Å². The molecule has 0 bridgehead atoms. The first-order chi connectivity index (χ1) is 17.6. The maximum Gasteiger partial charge on any atom is 0.308 e. The first-order valence-corrected chi connectivity index (χ1v) is 12.5. The van der Waals surface area contributed by atoms with Gasteiger partial charge in [-0.05, 0) is 67.6 Å². The minimum Gasteiger partial charge on any atom is -0.481 e. The summed E-state index contributed by atoms with van der Waals surface area (Å²) in [5.41, 5.74) is 1.60. The molecule has 0 aliphatic heterocycles. The van der Waals surface area contributed by atoms with Gasteiger partial charge in [0.15, 0.2) is 0 Å². The van der Waals surface area contributed by atoms with E-state index in [1.165, 1.54) is 5.56 Å². The number of carbonyl (C=O) groups is 4. The van der Waals surface area contributed by atoms with Crippen LogP contribution < -0.4 is 15.4 Å². The molecule has 9 heteroatoms. The second-order valence-corrected chi connectivity index (χ2v) is 9.59. The monoisotopic (exact) mass is 510 g/mol. The third-order valence-electron chi connectivity index (χ3n) is 7.14. The van der Waals surface area contributed by atoms with Crippen molar-refractivity contribution in [3.63, 3.8) is 0 Å². The minimum absolute atomic E-state index is 0.242. The maximum absolute atomic E-state index is 13.1. The van der Waals surface area contributed by atoms with Crippen molar-refractivity contribution in [1.82, 2.24) is 5.32 Å². The van der Waals surface area contributed by atoms with Gasteiger partial charge in [0.05, 0.1) is 23.7 Å². The number of hydrogen-bond acceptors (Lipinski definition) is 5. The normalized spacial score (nSPS) is 22.2. The van der Waals surface area contributed by atoms with Crippen molar-refractivity contribution in [2.45, 2.75) is 52.5 Å². The summed E-state index contributed by atoms with van der Waals surface area (Å²) in [6.45, 7) is 7.89. The highest BCUT2D eigenvalue weighted by molar-refractivity contribution is 6.04. The molecule has 0 spiro atoms. The van der Waals surface area contributed by atoms with Crippen LogP contribution in [-0.2, 0) is 19.2 Å². The lowest BCUT2D eigenvalue weighted by atomic mass is 9.55. The van der Waals surface area contributed by atoms with E-state index in [9.17, 15) is 29.4 Å². The zero-order valence-electron chi connectivity index (χ0n) is 21.4. The third kappa shape index (κ3) is 6.28. The number of carbonyl (C=O) groups excluding carboxylic acids is 2. The summed E-state index contributed by atoms with van der Waals surface area (Å²) in [5.74, 6) is -8.13. The average Bonchev–Trinajstić information content (AvgIpc) is 2.84. The van der Waals surface area contributed by atoms with E-state index in [-0.39, 0.29) is 6.04 Å². The van der Waals surface area contributed by atoms with Crippen LogP contribution in [0.5, 0.6) is 11.5 Å². The Morgan fingerprint density at radius 2 is 1.24 bits per heavy atom. The highest BCUT2D eigenvalue weighted by atomic mass is 16.5. The van der Waals surface area contributed by atoms with E-state index in [1.54, 1.807) is 31.2 Å². The number of anilines is 1. The molecule has 2 aromatic carbocycles. The fourth-order valence-electron chi connectivity index (χ4n) is 4.52. The topological polar surface area (TPSA) is 142 Å². The summed E-state index contributed by atoms with van der Waals surface area (Å²) in [4.78, 5) is 49.4. The van der Waals surface area contributed by atoms with Gasteiger partial charge in [-0.1, -0.05) is 32.9 Å². The van der Waals surface area contributed by atoms with E-state index in [1.807, 2.05) is 31.2 Å². The molecule has 2 amide bonds. The van der Waals surface area contributed by atoms with E-state index in [4.69, 9.17) is 4.74 Å². The maximum atomic E-state index is 13.1. The average molecular weight is 511 g/mol. The van der Waals surface area contributed by atoms with Crippen LogP contribution in [0.1, 0.15) is 52.0 Å². The van der Waals surface area contributed by atoms with Gasteiger partial charge in [0.1, 0.15) is 11.5 Å². The number of nitrogens with one attached hydrogen (secondary N) is 2. The molecule has 1 aliphatic carbocycles. The molecule has 9 nitrogen and oxygen atoms in total. The van der Waals surface area contributed by atoms with E-state index >= 15 is 0 Å². The van der Waals surface area contributed by atoms with Crippen molar-refractivity contribution in [3.8, 4) is 11.5 Å². The first kappa shape index (κ1) is 27.7. The number of carboxylic acids is 2. The van der Waals surface area contributed by atoms with Crippen LogP contribution in [0.15, 0.2) is 48.5 Å². The van der Waals surface area contributed by atoms with Gasteiger partial charge in [0.2, 0.25) is 11.8 Å². The highest BCUT2D eigenvalue weighted by Gasteiger charge is 2.63. The molecule has 0 radical (unpaired) electrons. The van der Waals surface area contributed by atoms with E-state index < -0.39 is 47.4 Å². The second kappa shape index (κ2) is 11.9. The second-order valence-electron chi connectivity index (χ2n) is 9.59. The molecular formula is C28H34N2O7. The highest BCUT2D eigenvalue weighted by Crippen LogP contribution is 2.47. The largest absolute Gasteiger partial charge is 0.481 e. The number of hydrogen-bond donors (Lipinski definition) is 4. The summed E-state index contributed by atoms with van der Waals surface area (Å²) in [6, 6.07) is 14.1. The van der Waals surface area contributed by atoms with Crippen LogP contribution in [-0.4, -0.2) is 40.0 Å². The Hall–Kier alpha value is -3.88. The zero-order chi connectivity index (χ0) is 27.3. The van der Waals surface area contributed by atoms with E-state index in [0.717, 1.165) is 6.42 Å². The summed E-state index contributed by atoms with van der Waals surface area (Å²) < 4.78 is 5.86. The van der Waals surface area contributed by atoms with Gasteiger partial charge < -0.3 is 25.6 Å². The lowest BCUT2D eigenvalue weighted by Crippen LogP contribution is -2.63. The minimum atomic E-state index is -1.51. The van der Waals surface area contributed by atoms with Gasteiger partial charge in [-0.2, -0.15) is 0 Å². The molecule has 1 fully saturated rings. The van der Waals surface area contributed by atoms with Gasteiger partial charge in [0, 0.05) is 11.7 Å². The van der Waals surface area contributed by atoms with Crippen molar-refractivity contribution in [2.75, 3.05) is 5.32 Å². The molecule has 37 heavy (non-hydrogen) atoms. The van der Waals surface area contributed by atoms with Crippen LogP contribution in [0, 0.1) is 23.7 Å². The predicted octanol–water partition coefficient (Wildman–Crippen LogP) is 4.49. The molecule has 2 aromatic rings. The van der Waals surface area contributed by atoms with E-state index in [0.29, 0.717) is 29.5 Å². The van der Waals surface area contributed by atoms with Crippen molar-refractivity contribution in [3.05, 3.63) is 54.1 Å². The Balaban J connectivity index is 1.71. The molecule has 0 heterocycles. The van der Waals surface area contributed by atoms with Gasteiger partial charge in [-0.3, -0.25) is 19.2 Å². The Bertz CT molecular complexity index is 1130. The molecule has 3 rings (SSSR count). The van der Waals surface area contributed by atoms with Gasteiger partial charge in [0.25, 0.3) is 0 Å². The Morgan fingerprint density at radius 3 is 1.70 bits per heavy atom. The summed E-state index contributed by atoms with van der Waals surface area (Å²) in [5, 5.41) is 24.5. The number of benzene rings is 2. The van der Waals surface area contributed by atoms with Crippen molar-refractivity contribution in [2.24, 2.45) is 23.7 Å². The lowest BCUT2D eigenvalue weighted by molar-refractivity contribution is -0.180. The molecule has 1 saturated carbocycles. The van der Waals surface area contributed by atoms with Gasteiger partial charge in [-0.25, -0.2) is 0 Å². The van der Waals surface area contributed by atoms with Crippen LogP contribution in [0.2, 0.25) is 0 Å². The standard InChI is InChI=1S/C28H34N2O7/c1-5-15(3)17-7-11-19(12-8-17)37-20-13-9-18(10-14-20)30-26(32)22-21(25(31)29-16(4)6-2)23(27(33)34)24(22)28(35)36/h7-16,21-24H,5-6H2,1-4H3,(H,29,31)(H,30,32)(H,33,34)(H,35,36). The Morgan fingerprint density at radius 1 is 0.757 bits per heavy atom. The predicted molar refractivity (Wildman–Crippen MR) is 137 cm³/mol. The van der Waals surface area contributed by atoms with Gasteiger partial charge in [-0.15, -0.1) is 0 Å². The quantitative estimate of drug-likeness (QED) is 0.349.